The number of Topliss-reactive ketones (excluding diaryl/α,β-unsaturated/α-hetero) is 1. The number of hydrogen-bond acceptors (Lipinski definition) is 5. The molecule has 0 saturated heterocycles. The Bertz CT molecular complexity index is 604. The van der Waals surface area contributed by atoms with Gasteiger partial charge in [-0.15, -0.1) is 5.10 Å². The van der Waals surface area contributed by atoms with Gasteiger partial charge in [-0.3, -0.25) is 0 Å². The summed E-state index contributed by atoms with van der Waals surface area (Å²) < 4.78 is 0. The molecule has 1 aromatic heterocycles. The Morgan fingerprint density at radius 3 is 2.78 bits per heavy atom. The highest BCUT2D eigenvalue weighted by Gasteiger charge is 2.08. The number of carbonyl (C=O) groups excluding carboxylic acids is 2. The van der Waals surface area contributed by atoms with Crippen LogP contribution in [0.4, 0.5) is 0 Å². The molecule has 0 amide bonds. The van der Waals surface area contributed by atoms with Crippen molar-refractivity contribution in [1.29, 1.82) is 0 Å². The second-order valence-corrected chi connectivity index (χ2v) is 4.07. The molecule has 6 heteroatoms. The average molecular weight is 247 g/mol. The van der Waals surface area contributed by atoms with E-state index >= 15 is 0 Å². The largest absolute Gasteiger partial charge is 0.332 e. The summed E-state index contributed by atoms with van der Waals surface area (Å²) in [6.07, 6.45) is 1.18. The molecule has 0 fully saturated rings. The fourth-order valence-electron chi connectivity index (χ4n) is 1.61. The standard InChI is InChI=1S/C12H13N3O3/c1-8(16)3-4-10-5-6-12-11(7-10)13-14-15(12)18-9(2)17/h5-7H,3-4H2,1-2H3. The highest BCUT2D eigenvalue weighted by molar-refractivity contribution is 5.77. The second-order valence-electron chi connectivity index (χ2n) is 4.07. The van der Waals surface area contributed by atoms with E-state index in [0.717, 1.165) is 10.4 Å². The number of hydrogen-bond donors (Lipinski definition) is 0. The van der Waals surface area contributed by atoms with E-state index in [9.17, 15) is 9.59 Å². The zero-order chi connectivity index (χ0) is 13.1. The number of aromatic nitrogens is 3. The predicted octanol–water partition coefficient (Wildman–Crippen LogP) is 0.928. The van der Waals surface area contributed by atoms with Crippen molar-refractivity contribution >= 4 is 22.8 Å². The molecule has 94 valence electrons. The van der Waals surface area contributed by atoms with E-state index in [1.54, 1.807) is 13.0 Å². The summed E-state index contributed by atoms with van der Waals surface area (Å²) in [6, 6.07) is 5.48. The molecule has 0 spiro atoms. The van der Waals surface area contributed by atoms with E-state index in [-0.39, 0.29) is 5.78 Å². The van der Waals surface area contributed by atoms with Gasteiger partial charge in [-0.2, -0.15) is 0 Å². The van der Waals surface area contributed by atoms with Crippen molar-refractivity contribution in [2.45, 2.75) is 26.7 Å². The minimum absolute atomic E-state index is 0.152. The van der Waals surface area contributed by atoms with Crippen LogP contribution in [-0.4, -0.2) is 26.9 Å². The van der Waals surface area contributed by atoms with E-state index in [4.69, 9.17) is 4.84 Å². The Morgan fingerprint density at radius 2 is 2.11 bits per heavy atom. The lowest BCUT2D eigenvalue weighted by Crippen LogP contribution is -2.17. The number of ketones is 1. The molecule has 0 saturated carbocycles. The molecule has 0 aliphatic carbocycles. The Balaban J connectivity index is 2.25. The van der Waals surface area contributed by atoms with Crippen LogP contribution in [0.1, 0.15) is 25.8 Å². The van der Waals surface area contributed by atoms with Gasteiger partial charge in [0.05, 0.1) is 0 Å². The van der Waals surface area contributed by atoms with Gasteiger partial charge in [0.2, 0.25) is 0 Å². The minimum atomic E-state index is -0.456. The monoisotopic (exact) mass is 247 g/mol. The van der Waals surface area contributed by atoms with Crippen molar-refractivity contribution in [3.8, 4) is 0 Å². The second kappa shape index (κ2) is 4.95. The molecule has 2 rings (SSSR count). The van der Waals surface area contributed by atoms with Crippen LogP contribution in [0.15, 0.2) is 18.2 Å². The van der Waals surface area contributed by atoms with Crippen molar-refractivity contribution in [1.82, 2.24) is 15.2 Å². The van der Waals surface area contributed by atoms with Crippen LogP contribution in [-0.2, 0) is 16.0 Å². The number of fused-ring (bicyclic) bond motifs is 1. The first-order chi connectivity index (χ1) is 8.56. The Kier molecular flexibility index (Phi) is 3.36. The van der Waals surface area contributed by atoms with E-state index in [0.29, 0.717) is 23.9 Å². The summed E-state index contributed by atoms with van der Waals surface area (Å²) in [6.45, 7) is 2.87. The maximum absolute atomic E-state index is 10.9. The molecule has 0 bridgehead atoms. The van der Waals surface area contributed by atoms with Gasteiger partial charge in [0.15, 0.2) is 0 Å². The smallest absolute Gasteiger partial charge is 0.318 e. The van der Waals surface area contributed by atoms with Crippen LogP contribution < -0.4 is 4.84 Å². The van der Waals surface area contributed by atoms with Gasteiger partial charge in [-0.25, -0.2) is 4.79 Å². The molecule has 0 radical (unpaired) electrons. The molecule has 2 aromatic rings. The summed E-state index contributed by atoms with van der Waals surface area (Å²) in [5.74, 6) is -0.305. The Hall–Kier alpha value is -2.24. The van der Waals surface area contributed by atoms with Gasteiger partial charge in [0.25, 0.3) is 0 Å². The Labute approximate surface area is 103 Å². The van der Waals surface area contributed by atoms with E-state index in [1.807, 2.05) is 12.1 Å². The van der Waals surface area contributed by atoms with Gasteiger partial charge in [-0.1, -0.05) is 10.9 Å². The van der Waals surface area contributed by atoms with E-state index in [1.165, 1.54) is 6.92 Å². The number of rotatable bonds is 4. The maximum Gasteiger partial charge on any atom is 0.332 e. The molecule has 0 aliphatic heterocycles. The first kappa shape index (κ1) is 12.2. The van der Waals surface area contributed by atoms with Crippen molar-refractivity contribution < 1.29 is 14.4 Å². The zero-order valence-electron chi connectivity index (χ0n) is 10.2. The van der Waals surface area contributed by atoms with Crippen molar-refractivity contribution in [3.05, 3.63) is 23.8 Å². The maximum atomic E-state index is 10.9. The highest BCUT2D eigenvalue weighted by atomic mass is 16.7. The SMILES string of the molecule is CC(=O)CCc1ccc2c(c1)nnn2OC(C)=O. The third-order valence-electron chi connectivity index (χ3n) is 2.46. The van der Waals surface area contributed by atoms with Gasteiger partial charge in [0, 0.05) is 13.3 Å². The average Bonchev–Trinajstić information content (AvgIpc) is 2.68. The molecular weight excluding hydrogens is 234 g/mol. The predicted molar refractivity (Wildman–Crippen MR) is 63.8 cm³/mol. The topological polar surface area (TPSA) is 74.1 Å². The molecule has 6 nitrogen and oxygen atoms in total. The number of carbonyl (C=O) groups is 2. The van der Waals surface area contributed by atoms with Gasteiger partial charge < -0.3 is 9.63 Å². The molecule has 1 aromatic carbocycles. The fourth-order valence-corrected chi connectivity index (χ4v) is 1.61. The molecule has 0 unspecified atom stereocenters. The van der Waals surface area contributed by atoms with Crippen molar-refractivity contribution in [2.24, 2.45) is 0 Å². The van der Waals surface area contributed by atoms with Crippen molar-refractivity contribution in [2.75, 3.05) is 0 Å². The van der Waals surface area contributed by atoms with E-state index < -0.39 is 5.97 Å². The first-order valence-corrected chi connectivity index (χ1v) is 5.59. The normalized spacial score (nSPS) is 10.6. The van der Waals surface area contributed by atoms with Gasteiger partial charge in [0.1, 0.15) is 16.8 Å². The lowest BCUT2D eigenvalue weighted by Gasteiger charge is -2.01. The van der Waals surface area contributed by atoms with Crippen LogP contribution in [0.2, 0.25) is 0 Å². The number of aryl methyl sites for hydroxylation is 1. The lowest BCUT2D eigenvalue weighted by molar-refractivity contribution is -0.142. The van der Waals surface area contributed by atoms with Crippen LogP contribution in [0.25, 0.3) is 11.0 Å². The molecule has 18 heavy (non-hydrogen) atoms. The summed E-state index contributed by atoms with van der Waals surface area (Å²) in [5, 5.41) is 7.64. The van der Waals surface area contributed by atoms with Crippen LogP contribution >= 0.6 is 0 Å². The molecule has 1 heterocycles. The first-order valence-electron chi connectivity index (χ1n) is 5.59. The lowest BCUT2D eigenvalue weighted by atomic mass is 10.1. The van der Waals surface area contributed by atoms with Crippen LogP contribution in [0.5, 0.6) is 0 Å². The molecule has 0 N–H and O–H groups in total. The summed E-state index contributed by atoms with van der Waals surface area (Å²) in [5.41, 5.74) is 2.27. The molecule has 0 aliphatic rings. The van der Waals surface area contributed by atoms with E-state index in [2.05, 4.69) is 10.3 Å². The summed E-state index contributed by atoms with van der Waals surface area (Å²) in [4.78, 5) is 27.7. The minimum Gasteiger partial charge on any atom is -0.318 e. The van der Waals surface area contributed by atoms with Crippen LogP contribution in [0.3, 0.4) is 0 Å². The van der Waals surface area contributed by atoms with Gasteiger partial charge in [-0.05, 0) is 36.3 Å². The zero-order valence-corrected chi connectivity index (χ0v) is 10.2. The third kappa shape index (κ3) is 2.71. The summed E-state index contributed by atoms with van der Waals surface area (Å²) >= 11 is 0. The number of nitrogens with zero attached hydrogens (tertiary/aromatic N) is 3. The van der Waals surface area contributed by atoms with Crippen LogP contribution in [0, 0.1) is 0 Å². The van der Waals surface area contributed by atoms with Gasteiger partial charge >= 0.3 is 5.97 Å². The van der Waals surface area contributed by atoms with Crippen molar-refractivity contribution in [3.63, 3.8) is 0 Å². The quantitative estimate of drug-likeness (QED) is 0.751. The Morgan fingerprint density at radius 1 is 1.33 bits per heavy atom. The molecule has 0 atom stereocenters. The fraction of sp³-hybridized carbons (Fsp3) is 0.333. The highest BCUT2D eigenvalue weighted by Crippen LogP contribution is 2.14. The molecular formula is C12H13N3O3. The summed E-state index contributed by atoms with van der Waals surface area (Å²) in [7, 11) is 0. The number of benzene rings is 1. The third-order valence-corrected chi connectivity index (χ3v) is 2.46.